The van der Waals surface area contributed by atoms with Gasteiger partial charge in [-0.05, 0) is 47.9 Å². The summed E-state index contributed by atoms with van der Waals surface area (Å²) < 4.78 is 11.1. The van der Waals surface area contributed by atoms with Crippen LogP contribution in [0.4, 0.5) is 0 Å². The first kappa shape index (κ1) is 24.6. The van der Waals surface area contributed by atoms with Crippen molar-refractivity contribution >= 4 is 5.78 Å². The molecule has 31 heavy (non-hydrogen) atoms. The van der Waals surface area contributed by atoms with E-state index >= 15 is 0 Å². The molecule has 0 amide bonds. The van der Waals surface area contributed by atoms with E-state index in [-0.39, 0.29) is 37.4 Å². The monoisotopic (exact) mass is 428 g/mol. The minimum absolute atomic E-state index is 0.000875. The molecule has 3 N–H and O–H groups in total. The number of aliphatic hydroxyl groups excluding tert-OH is 3. The van der Waals surface area contributed by atoms with E-state index in [0.29, 0.717) is 17.1 Å². The molecular weight excluding hydrogens is 396 g/mol. The topological polar surface area (TPSA) is 96.2 Å². The number of Topliss-reactive ketones (excluding diaryl/α,β-unsaturated/α-hetero) is 1. The predicted octanol–water partition coefficient (Wildman–Crippen LogP) is 3.02. The number of carbonyl (C=O) groups excluding carboxylic acids is 1. The summed E-state index contributed by atoms with van der Waals surface area (Å²) in [5.74, 6) is 1.07. The van der Waals surface area contributed by atoms with Crippen molar-refractivity contribution in [1.29, 1.82) is 0 Å². The summed E-state index contributed by atoms with van der Waals surface area (Å²) in [6.07, 6.45) is -1.77. The van der Waals surface area contributed by atoms with Crippen LogP contribution in [0.2, 0.25) is 0 Å². The Labute approximate surface area is 183 Å². The van der Waals surface area contributed by atoms with E-state index in [4.69, 9.17) is 14.6 Å². The molecule has 0 aliphatic heterocycles. The van der Waals surface area contributed by atoms with Crippen molar-refractivity contribution in [2.24, 2.45) is 0 Å². The van der Waals surface area contributed by atoms with Crippen LogP contribution in [0, 0.1) is 0 Å². The van der Waals surface area contributed by atoms with E-state index < -0.39 is 12.2 Å². The van der Waals surface area contributed by atoms with Crippen molar-refractivity contribution < 1.29 is 29.6 Å². The summed E-state index contributed by atoms with van der Waals surface area (Å²) in [4.78, 5) is 11.6. The molecule has 6 nitrogen and oxygen atoms in total. The number of hydrogen-bond acceptors (Lipinski definition) is 6. The van der Waals surface area contributed by atoms with Crippen LogP contribution in [0.3, 0.4) is 0 Å². The van der Waals surface area contributed by atoms with Crippen LogP contribution in [0.1, 0.15) is 38.3 Å². The zero-order chi connectivity index (χ0) is 23.0. The normalized spacial score (nSPS) is 13.4. The molecule has 6 heteroatoms. The van der Waals surface area contributed by atoms with E-state index in [2.05, 4.69) is 20.4 Å². The highest BCUT2D eigenvalue weighted by Crippen LogP contribution is 2.33. The number of hydrogen-bond donors (Lipinski definition) is 3. The fraction of sp³-hybridized carbons (Fsp3) is 0.400. The third-order valence-corrected chi connectivity index (χ3v) is 5.14. The van der Waals surface area contributed by atoms with Gasteiger partial charge in [-0.1, -0.05) is 44.7 Å². The number of ether oxygens (including phenoxy) is 2. The van der Waals surface area contributed by atoms with E-state index in [9.17, 15) is 15.0 Å². The van der Waals surface area contributed by atoms with Crippen molar-refractivity contribution in [2.75, 3.05) is 19.8 Å². The zero-order valence-corrected chi connectivity index (χ0v) is 18.4. The fourth-order valence-electron chi connectivity index (χ4n) is 2.99. The molecule has 0 aliphatic carbocycles. The molecule has 2 aromatic rings. The molecule has 2 aromatic carbocycles. The van der Waals surface area contributed by atoms with Gasteiger partial charge < -0.3 is 24.8 Å². The van der Waals surface area contributed by atoms with Gasteiger partial charge in [-0.15, -0.1) is 0 Å². The van der Waals surface area contributed by atoms with Crippen molar-refractivity contribution in [1.82, 2.24) is 0 Å². The van der Waals surface area contributed by atoms with Gasteiger partial charge in [0, 0.05) is 11.8 Å². The Hall–Kier alpha value is -2.67. The molecule has 0 saturated carbocycles. The van der Waals surface area contributed by atoms with Gasteiger partial charge in [0.1, 0.15) is 30.8 Å². The molecule has 2 unspecified atom stereocenters. The fourth-order valence-corrected chi connectivity index (χ4v) is 2.99. The Kier molecular flexibility index (Phi) is 8.80. The van der Waals surface area contributed by atoms with Crippen LogP contribution >= 0.6 is 0 Å². The number of ketones is 1. The molecule has 0 radical (unpaired) electrons. The minimum Gasteiger partial charge on any atom is -0.491 e. The largest absolute Gasteiger partial charge is 0.491 e. The number of aliphatic hydroxyl groups is 3. The van der Waals surface area contributed by atoms with Gasteiger partial charge in [-0.25, -0.2) is 0 Å². The van der Waals surface area contributed by atoms with Crippen LogP contribution in [-0.4, -0.2) is 53.1 Å². The molecular formula is C25H32O6. The standard InChI is InChI=1S/C25H32O6/c1-17(2)24(29)13-20(27)15-30-22-9-5-18(6-10-22)25(3,4)19-7-11-23(12-8-19)31-16-21(28)14-26/h5-12,20-21,26-28H,1,13-16H2,2-4H3. The maximum Gasteiger partial charge on any atom is 0.160 e. The second-order valence-electron chi connectivity index (χ2n) is 8.19. The van der Waals surface area contributed by atoms with E-state index in [1.807, 2.05) is 48.5 Å². The predicted molar refractivity (Wildman–Crippen MR) is 120 cm³/mol. The lowest BCUT2D eigenvalue weighted by Gasteiger charge is -2.26. The Balaban J connectivity index is 1.97. The van der Waals surface area contributed by atoms with Crippen molar-refractivity contribution in [3.63, 3.8) is 0 Å². The van der Waals surface area contributed by atoms with E-state index in [1.54, 1.807) is 6.92 Å². The maximum atomic E-state index is 11.6. The molecule has 0 aliphatic rings. The number of carbonyl (C=O) groups is 1. The van der Waals surface area contributed by atoms with Gasteiger partial charge in [0.25, 0.3) is 0 Å². The molecule has 0 spiro atoms. The molecule has 2 atom stereocenters. The Morgan fingerprint density at radius 2 is 1.32 bits per heavy atom. The summed E-state index contributed by atoms with van der Waals surface area (Å²) in [5, 5.41) is 28.2. The zero-order valence-electron chi connectivity index (χ0n) is 18.4. The lowest BCUT2D eigenvalue weighted by Crippen LogP contribution is -2.22. The molecule has 0 heterocycles. The maximum absolute atomic E-state index is 11.6. The Morgan fingerprint density at radius 3 is 1.71 bits per heavy atom. The minimum atomic E-state index is -0.899. The summed E-state index contributed by atoms with van der Waals surface area (Å²) in [5.41, 5.74) is 2.33. The number of rotatable bonds is 12. The van der Waals surface area contributed by atoms with E-state index in [1.165, 1.54) is 0 Å². The van der Waals surface area contributed by atoms with Gasteiger partial charge in [0.05, 0.1) is 12.7 Å². The average Bonchev–Trinajstić information content (AvgIpc) is 2.76. The summed E-state index contributed by atoms with van der Waals surface area (Å²) >= 11 is 0. The van der Waals surface area contributed by atoms with Crippen LogP contribution in [0.5, 0.6) is 11.5 Å². The van der Waals surface area contributed by atoms with Gasteiger partial charge in [-0.3, -0.25) is 4.79 Å². The van der Waals surface area contributed by atoms with Gasteiger partial charge in [0.2, 0.25) is 0 Å². The SMILES string of the molecule is C=C(C)C(=O)CC(O)COc1ccc(C(C)(C)c2ccc(OCC(O)CO)cc2)cc1. The molecule has 2 rings (SSSR count). The Morgan fingerprint density at radius 1 is 0.903 bits per heavy atom. The third-order valence-electron chi connectivity index (χ3n) is 5.14. The first-order valence-electron chi connectivity index (χ1n) is 10.3. The van der Waals surface area contributed by atoms with Gasteiger partial charge >= 0.3 is 0 Å². The van der Waals surface area contributed by atoms with Crippen molar-refractivity contribution in [3.05, 3.63) is 71.8 Å². The second kappa shape index (κ2) is 11.1. The Bertz CT molecular complexity index is 855. The lowest BCUT2D eigenvalue weighted by atomic mass is 9.78. The summed E-state index contributed by atoms with van der Waals surface area (Å²) in [6, 6.07) is 15.3. The highest BCUT2D eigenvalue weighted by atomic mass is 16.5. The van der Waals surface area contributed by atoms with Crippen LogP contribution in [-0.2, 0) is 10.2 Å². The highest BCUT2D eigenvalue weighted by Gasteiger charge is 2.23. The van der Waals surface area contributed by atoms with E-state index in [0.717, 1.165) is 11.1 Å². The number of allylic oxidation sites excluding steroid dienone is 1. The van der Waals surface area contributed by atoms with Crippen LogP contribution in [0.15, 0.2) is 60.7 Å². The second-order valence-corrected chi connectivity index (χ2v) is 8.19. The summed E-state index contributed by atoms with van der Waals surface area (Å²) in [6.45, 7) is 9.17. The van der Waals surface area contributed by atoms with Crippen molar-refractivity contribution in [2.45, 2.75) is 44.8 Å². The lowest BCUT2D eigenvalue weighted by molar-refractivity contribution is -0.117. The van der Waals surface area contributed by atoms with Crippen LogP contribution < -0.4 is 9.47 Å². The van der Waals surface area contributed by atoms with Gasteiger partial charge in [0.15, 0.2) is 5.78 Å². The van der Waals surface area contributed by atoms with Crippen molar-refractivity contribution in [3.8, 4) is 11.5 Å². The first-order chi connectivity index (χ1) is 14.6. The number of benzene rings is 2. The smallest absolute Gasteiger partial charge is 0.160 e. The highest BCUT2D eigenvalue weighted by molar-refractivity contribution is 5.94. The molecule has 0 saturated heterocycles. The summed E-state index contributed by atoms with van der Waals surface area (Å²) in [7, 11) is 0. The van der Waals surface area contributed by atoms with Crippen LogP contribution in [0.25, 0.3) is 0 Å². The third kappa shape index (κ3) is 7.21. The molecule has 0 fully saturated rings. The van der Waals surface area contributed by atoms with Gasteiger partial charge in [-0.2, -0.15) is 0 Å². The molecule has 0 bridgehead atoms. The molecule has 168 valence electrons. The average molecular weight is 429 g/mol. The molecule has 0 aromatic heterocycles. The quantitative estimate of drug-likeness (QED) is 0.450. The first-order valence-corrected chi connectivity index (χ1v) is 10.3.